The van der Waals surface area contributed by atoms with E-state index >= 15 is 0 Å². The number of nitrogens with zero attached hydrogens (tertiary/aromatic N) is 1. The zero-order chi connectivity index (χ0) is 32.3. The highest BCUT2D eigenvalue weighted by molar-refractivity contribution is 6.05. The Morgan fingerprint density at radius 1 is 0.542 bits per heavy atom. The number of hydrogen-bond donors (Lipinski definition) is 3. The third-order valence-electron chi connectivity index (χ3n) is 9.83. The molecule has 0 spiro atoms. The molecule has 2 aliphatic carbocycles. The molecule has 3 N–H and O–H groups in total. The van der Waals surface area contributed by atoms with E-state index in [1.165, 1.54) is 60.9 Å². The minimum Gasteiger partial charge on any atom is -0.279 e. The molecule has 1 heterocycles. The molecule has 4 heteroatoms. The zero-order valence-corrected chi connectivity index (χ0v) is 26.9. The summed E-state index contributed by atoms with van der Waals surface area (Å²) in [5.74, 6) is 0. The largest absolute Gasteiger partial charge is 0.279 e. The third-order valence-corrected chi connectivity index (χ3v) is 9.83. The number of rotatable bonds is 6. The first-order valence-electron chi connectivity index (χ1n) is 17.0. The lowest BCUT2D eigenvalue weighted by atomic mass is 9.90. The summed E-state index contributed by atoms with van der Waals surface area (Å²) in [6.45, 7) is 0. The van der Waals surface area contributed by atoms with Crippen LogP contribution in [0.1, 0.15) is 54.7 Å². The molecule has 0 saturated carbocycles. The van der Waals surface area contributed by atoms with Gasteiger partial charge in [0, 0.05) is 5.57 Å². The lowest BCUT2D eigenvalue weighted by Crippen LogP contribution is -2.59. The molecule has 48 heavy (non-hydrogen) atoms. The van der Waals surface area contributed by atoms with E-state index < -0.39 is 0 Å². The van der Waals surface area contributed by atoms with Crippen LogP contribution in [0.4, 0.5) is 0 Å². The molecule has 8 rings (SSSR count). The number of nitrogens with one attached hydrogen (secondary N) is 3. The maximum Gasteiger partial charge on any atom is 0.0947 e. The van der Waals surface area contributed by atoms with Gasteiger partial charge < -0.3 is 0 Å². The van der Waals surface area contributed by atoms with Crippen LogP contribution in [0.25, 0.3) is 38.6 Å². The predicted molar refractivity (Wildman–Crippen MR) is 197 cm³/mol. The summed E-state index contributed by atoms with van der Waals surface area (Å²) < 4.78 is 0. The molecule has 5 aromatic carbocycles. The van der Waals surface area contributed by atoms with E-state index in [0.29, 0.717) is 0 Å². The Labute approximate surface area is 282 Å². The second kappa shape index (κ2) is 13.4. The molecule has 0 bridgehead atoms. The molecule has 234 valence electrons. The first kappa shape index (κ1) is 30.1. The molecule has 0 amide bonds. The lowest BCUT2D eigenvalue weighted by molar-refractivity contribution is 0.224. The number of allylic oxidation sites excluding steroid dienone is 6. The minimum atomic E-state index is -0.0115. The van der Waals surface area contributed by atoms with Gasteiger partial charge in [-0.1, -0.05) is 140 Å². The average Bonchev–Trinajstić information content (AvgIpc) is 3.18. The van der Waals surface area contributed by atoms with Crippen molar-refractivity contribution in [1.82, 2.24) is 16.0 Å². The van der Waals surface area contributed by atoms with Gasteiger partial charge in [-0.2, -0.15) is 5.26 Å². The molecule has 1 aliphatic heterocycles. The summed E-state index contributed by atoms with van der Waals surface area (Å²) in [5.41, 5.74) is 12.0. The molecule has 3 atom stereocenters. The van der Waals surface area contributed by atoms with Crippen molar-refractivity contribution in [3.63, 3.8) is 0 Å². The fourth-order valence-electron chi connectivity index (χ4n) is 7.21. The molecule has 1 fully saturated rings. The van der Waals surface area contributed by atoms with Gasteiger partial charge in [-0.25, -0.2) is 0 Å². The smallest absolute Gasteiger partial charge is 0.0947 e. The third kappa shape index (κ3) is 6.08. The Morgan fingerprint density at radius 3 is 1.71 bits per heavy atom. The van der Waals surface area contributed by atoms with E-state index in [-0.39, 0.29) is 18.5 Å². The summed E-state index contributed by atoms with van der Waals surface area (Å²) in [7, 11) is 0. The van der Waals surface area contributed by atoms with Gasteiger partial charge >= 0.3 is 0 Å². The quantitative estimate of drug-likeness (QED) is 0.176. The van der Waals surface area contributed by atoms with Crippen molar-refractivity contribution in [1.29, 1.82) is 5.26 Å². The van der Waals surface area contributed by atoms with Crippen LogP contribution in [0.15, 0.2) is 157 Å². The van der Waals surface area contributed by atoms with Crippen molar-refractivity contribution in [3.8, 4) is 28.3 Å². The van der Waals surface area contributed by atoms with Crippen molar-refractivity contribution in [2.24, 2.45) is 0 Å². The van der Waals surface area contributed by atoms with E-state index in [1.807, 2.05) is 6.08 Å². The van der Waals surface area contributed by atoms with Crippen molar-refractivity contribution < 1.29 is 0 Å². The molecule has 5 aromatic rings. The first-order chi connectivity index (χ1) is 23.7. The average molecular weight is 623 g/mol. The predicted octanol–water partition coefficient (Wildman–Crippen LogP) is 9.88. The Bertz CT molecular complexity index is 2110. The highest BCUT2D eigenvalue weighted by Gasteiger charge is 2.30. The van der Waals surface area contributed by atoms with Crippen LogP contribution in [-0.4, -0.2) is 6.17 Å². The number of benzene rings is 5. The molecular formula is C44H38N4. The Hall–Kier alpha value is -5.31. The van der Waals surface area contributed by atoms with E-state index in [4.69, 9.17) is 0 Å². The van der Waals surface area contributed by atoms with Gasteiger partial charge in [0.05, 0.1) is 24.6 Å². The lowest BCUT2D eigenvalue weighted by Gasteiger charge is -2.40. The molecule has 3 aliphatic rings. The van der Waals surface area contributed by atoms with Crippen molar-refractivity contribution in [2.45, 2.75) is 44.2 Å². The maximum atomic E-state index is 9.19. The van der Waals surface area contributed by atoms with Gasteiger partial charge in [0.25, 0.3) is 0 Å². The number of fused-ring (bicyclic) bond motifs is 1. The van der Waals surface area contributed by atoms with Gasteiger partial charge in [-0.3, -0.25) is 16.0 Å². The Morgan fingerprint density at radius 2 is 1.12 bits per heavy atom. The highest BCUT2D eigenvalue weighted by Crippen LogP contribution is 2.37. The van der Waals surface area contributed by atoms with E-state index in [1.54, 1.807) is 0 Å². The number of nitriles is 1. The van der Waals surface area contributed by atoms with Crippen molar-refractivity contribution in [2.75, 3.05) is 0 Å². The van der Waals surface area contributed by atoms with Gasteiger partial charge in [0.1, 0.15) is 0 Å². The van der Waals surface area contributed by atoms with E-state index in [2.05, 4.69) is 162 Å². The van der Waals surface area contributed by atoms with Crippen LogP contribution in [0.3, 0.4) is 0 Å². The zero-order valence-electron chi connectivity index (χ0n) is 26.9. The van der Waals surface area contributed by atoms with Crippen LogP contribution in [0.5, 0.6) is 0 Å². The van der Waals surface area contributed by atoms with Gasteiger partial charge in [0.2, 0.25) is 0 Å². The maximum absolute atomic E-state index is 9.19. The fraction of sp³-hybridized carbons (Fsp3) is 0.159. The number of hydrogen-bond acceptors (Lipinski definition) is 4. The molecule has 1 saturated heterocycles. The topological polar surface area (TPSA) is 59.9 Å². The van der Waals surface area contributed by atoms with Gasteiger partial charge in [-0.15, -0.1) is 0 Å². The summed E-state index contributed by atoms with van der Waals surface area (Å²) in [6.07, 6.45) is 14.9. The van der Waals surface area contributed by atoms with Crippen molar-refractivity contribution >= 4 is 16.3 Å². The van der Waals surface area contributed by atoms with Crippen molar-refractivity contribution in [3.05, 3.63) is 173 Å². The summed E-state index contributed by atoms with van der Waals surface area (Å²) in [5, 5.41) is 23.1. The highest BCUT2D eigenvalue weighted by atomic mass is 15.4. The Kier molecular flexibility index (Phi) is 8.41. The van der Waals surface area contributed by atoms with Crippen LogP contribution in [-0.2, 0) is 0 Å². The Balaban J connectivity index is 1.07. The van der Waals surface area contributed by atoms with Gasteiger partial charge in [0.15, 0.2) is 0 Å². The fourth-order valence-corrected chi connectivity index (χ4v) is 7.21. The van der Waals surface area contributed by atoms with Crippen LogP contribution in [0.2, 0.25) is 0 Å². The second-order valence-electron chi connectivity index (χ2n) is 12.8. The summed E-state index contributed by atoms with van der Waals surface area (Å²) in [4.78, 5) is 0. The summed E-state index contributed by atoms with van der Waals surface area (Å²) >= 11 is 0. The van der Waals surface area contributed by atoms with Crippen LogP contribution in [0, 0.1) is 11.3 Å². The van der Waals surface area contributed by atoms with E-state index in [9.17, 15) is 5.26 Å². The van der Waals surface area contributed by atoms with Gasteiger partial charge in [-0.05, 0) is 92.6 Å². The minimum absolute atomic E-state index is 0.0115. The molecule has 0 radical (unpaired) electrons. The molecule has 0 aromatic heterocycles. The second-order valence-corrected chi connectivity index (χ2v) is 12.8. The molecular weight excluding hydrogens is 585 g/mol. The SMILES string of the molecule is N#CC1=CC=C(c2ccc(-c3ccc(-c4ccc(C5NC(C6=CCCC=C6)NC(c6ccccc6)N5)cc4)c4ccccc34)cc2)CC1. The normalized spacial score (nSPS) is 20.8. The van der Waals surface area contributed by atoms with Crippen LogP contribution < -0.4 is 16.0 Å². The first-order valence-corrected chi connectivity index (χ1v) is 17.0. The van der Waals surface area contributed by atoms with E-state index in [0.717, 1.165) is 31.3 Å². The summed E-state index contributed by atoms with van der Waals surface area (Å²) in [6, 6.07) is 44.1. The van der Waals surface area contributed by atoms with Crippen LogP contribution >= 0.6 is 0 Å². The molecule has 4 nitrogen and oxygen atoms in total. The molecule has 3 unspecified atom stereocenters. The monoisotopic (exact) mass is 622 g/mol. The standard InChI is InChI=1S/C44H38N4/c45-29-30-15-17-31(18-16-30)32-19-21-33(22-20-32)38-27-28-39(41-14-8-7-13-40(38)41)34-23-25-37(26-24-34)44-47-42(35-9-3-1-4-10-35)46-43(48-44)36-11-5-2-6-12-36/h1,3-5,7-15,17,19-28,42-44,46-48H,2,6,16,18H2.